The summed E-state index contributed by atoms with van der Waals surface area (Å²) in [6.07, 6.45) is 0. The molecule has 4 nitrogen and oxygen atoms in total. The number of anilines is 1. The molecule has 1 unspecified atom stereocenters. The minimum atomic E-state index is -1.41. The number of benzene rings is 1. The van der Waals surface area contributed by atoms with Crippen LogP contribution >= 0.6 is 11.8 Å². The monoisotopic (exact) mass is 196 g/mol. The lowest BCUT2D eigenvalue weighted by molar-refractivity contribution is -0.138. The summed E-state index contributed by atoms with van der Waals surface area (Å²) in [5.74, 6) is -1.06. The zero-order chi connectivity index (χ0) is 9.47. The van der Waals surface area contributed by atoms with Crippen LogP contribution in [0.2, 0.25) is 0 Å². The number of fused-ring (bicyclic) bond motifs is 1. The van der Waals surface area contributed by atoms with E-state index in [0.29, 0.717) is 0 Å². The molecule has 13 heavy (non-hydrogen) atoms. The topological polar surface area (TPSA) is 75.4 Å². The Hall–Kier alpha value is -1.20. The van der Waals surface area contributed by atoms with Gasteiger partial charge in [0.15, 0.2) is 0 Å². The van der Waals surface area contributed by atoms with Crippen molar-refractivity contribution in [2.75, 3.05) is 5.32 Å². The molecule has 0 aliphatic carbocycles. The quantitative estimate of drug-likeness (QED) is 0.622. The number of rotatable bonds is 1. The third-order valence-corrected chi connectivity index (χ3v) is 2.97. The van der Waals surface area contributed by atoms with Gasteiger partial charge in [-0.2, -0.15) is 0 Å². The molecular weight excluding hydrogens is 188 g/mol. The van der Waals surface area contributed by atoms with Crippen molar-refractivity contribution in [1.29, 1.82) is 0 Å². The summed E-state index contributed by atoms with van der Waals surface area (Å²) in [4.78, 5) is 10.2. The maximum absolute atomic E-state index is 10.8. The number of para-hydroxylation sites is 1. The highest BCUT2D eigenvalue weighted by molar-refractivity contribution is 8.02. The summed E-state index contributed by atoms with van der Waals surface area (Å²) in [5.41, 5.74) is 6.38. The van der Waals surface area contributed by atoms with E-state index in [1.165, 1.54) is 0 Å². The van der Waals surface area contributed by atoms with E-state index in [4.69, 9.17) is 10.8 Å². The first kappa shape index (κ1) is 8.40. The second-order valence-corrected chi connectivity index (χ2v) is 4.05. The molecule has 0 amide bonds. The van der Waals surface area contributed by atoms with Crippen molar-refractivity contribution < 1.29 is 9.90 Å². The Labute approximate surface area is 79.1 Å². The second-order valence-electron chi connectivity index (χ2n) is 2.76. The predicted octanol–water partition coefficient (Wildman–Crippen LogP) is 0.901. The summed E-state index contributed by atoms with van der Waals surface area (Å²) in [5, 5.41) is 11.6. The fourth-order valence-electron chi connectivity index (χ4n) is 1.16. The van der Waals surface area contributed by atoms with Crippen LogP contribution in [-0.2, 0) is 4.79 Å². The molecular formula is C8H8N2O2S. The van der Waals surface area contributed by atoms with Crippen LogP contribution in [0, 0.1) is 0 Å². The van der Waals surface area contributed by atoms with E-state index in [1.54, 1.807) is 6.07 Å². The van der Waals surface area contributed by atoms with Crippen LogP contribution in [0.4, 0.5) is 5.69 Å². The van der Waals surface area contributed by atoms with Crippen molar-refractivity contribution in [1.82, 2.24) is 0 Å². The van der Waals surface area contributed by atoms with E-state index < -0.39 is 11.0 Å². The number of carboxylic acids is 1. The maximum Gasteiger partial charge on any atom is 0.355 e. The van der Waals surface area contributed by atoms with E-state index in [1.807, 2.05) is 18.2 Å². The van der Waals surface area contributed by atoms with Gasteiger partial charge in [0.25, 0.3) is 0 Å². The lowest BCUT2D eigenvalue weighted by Gasteiger charge is -2.17. The smallest absolute Gasteiger partial charge is 0.355 e. The molecule has 0 saturated heterocycles. The highest BCUT2D eigenvalue weighted by Gasteiger charge is 2.41. The van der Waals surface area contributed by atoms with E-state index >= 15 is 0 Å². The van der Waals surface area contributed by atoms with Gasteiger partial charge >= 0.3 is 5.97 Å². The van der Waals surface area contributed by atoms with Gasteiger partial charge in [0.2, 0.25) is 4.99 Å². The largest absolute Gasteiger partial charge is 0.478 e. The van der Waals surface area contributed by atoms with Gasteiger partial charge in [-0.1, -0.05) is 23.9 Å². The molecule has 1 aliphatic heterocycles. The molecule has 0 fully saturated rings. The third-order valence-electron chi connectivity index (χ3n) is 1.80. The van der Waals surface area contributed by atoms with Crippen molar-refractivity contribution in [3.63, 3.8) is 0 Å². The first-order valence-electron chi connectivity index (χ1n) is 3.70. The Morgan fingerprint density at radius 1 is 1.54 bits per heavy atom. The number of carboxylic acid groups (broad SMARTS) is 1. The van der Waals surface area contributed by atoms with Gasteiger partial charge in [-0.3, -0.25) is 5.73 Å². The molecule has 68 valence electrons. The predicted molar refractivity (Wildman–Crippen MR) is 50.5 cm³/mol. The first-order chi connectivity index (χ1) is 6.12. The normalized spacial score (nSPS) is 25.0. The van der Waals surface area contributed by atoms with Crippen molar-refractivity contribution >= 4 is 23.4 Å². The Morgan fingerprint density at radius 2 is 2.23 bits per heavy atom. The number of hydrogen-bond donors (Lipinski definition) is 3. The Balaban J connectivity index is 2.37. The molecule has 0 bridgehead atoms. The van der Waals surface area contributed by atoms with Crippen LogP contribution in [0.25, 0.3) is 0 Å². The standard InChI is InChI=1S/C8H8N2O2S/c9-8(7(11)12)10-5-3-1-2-4-6(5)13-8/h1-4,10H,9H2,(H,11,12). The number of nitrogens with one attached hydrogen (secondary N) is 1. The van der Waals surface area contributed by atoms with Gasteiger partial charge in [0.1, 0.15) is 0 Å². The first-order valence-corrected chi connectivity index (χ1v) is 4.52. The van der Waals surface area contributed by atoms with Gasteiger partial charge in [-0.05, 0) is 12.1 Å². The minimum Gasteiger partial charge on any atom is -0.478 e. The molecule has 1 aliphatic rings. The van der Waals surface area contributed by atoms with Crippen molar-refractivity contribution in [3.8, 4) is 0 Å². The third kappa shape index (κ3) is 1.26. The van der Waals surface area contributed by atoms with Crippen LogP contribution in [-0.4, -0.2) is 16.1 Å². The summed E-state index contributed by atoms with van der Waals surface area (Å²) in [6.45, 7) is 0. The molecule has 1 heterocycles. The molecule has 0 aromatic heterocycles. The molecule has 1 aromatic carbocycles. The van der Waals surface area contributed by atoms with Crippen molar-refractivity contribution in [2.24, 2.45) is 5.73 Å². The minimum absolute atomic E-state index is 0.775. The lowest BCUT2D eigenvalue weighted by atomic mass is 10.3. The highest BCUT2D eigenvalue weighted by Crippen LogP contribution is 2.42. The zero-order valence-corrected chi connectivity index (χ0v) is 7.47. The Morgan fingerprint density at radius 3 is 2.85 bits per heavy atom. The van der Waals surface area contributed by atoms with E-state index in [2.05, 4.69) is 5.32 Å². The molecule has 2 rings (SSSR count). The van der Waals surface area contributed by atoms with Gasteiger partial charge in [-0.15, -0.1) is 0 Å². The van der Waals surface area contributed by atoms with Gasteiger partial charge in [0, 0.05) is 4.90 Å². The second kappa shape index (κ2) is 2.65. The van der Waals surface area contributed by atoms with Crippen LogP contribution in [0.15, 0.2) is 29.2 Å². The summed E-state index contributed by atoms with van der Waals surface area (Å²) >= 11 is 1.11. The maximum atomic E-state index is 10.8. The molecule has 5 heteroatoms. The number of aliphatic carboxylic acids is 1. The fourth-order valence-corrected chi connectivity index (χ4v) is 2.13. The van der Waals surface area contributed by atoms with E-state index in [-0.39, 0.29) is 0 Å². The van der Waals surface area contributed by atoms with Crippen LogP contribution in [0.5, 0.6) is 0 Å². The number of thioether (sulfide) groups is 1. The van der Waals surface area contributed by atoms with Gasteiger partial charge < -0.3 is 10.4 Å². The summed E-state index contributed by atoms with van der Waals surface area (Å²) in [6, 6.07) is 7.32. The van der Waals surface area contributed by atoms with Gasteiger partial charge in [-0.25, -0.2) is 4.79 Å². The molecule has 1 aromatic rings. The van der Waals surface area contributed by atoms with Crippen molar-refractivity contribution in [3.05, 3.63) is 24.3 Å². The molecule has 0 spiro atoms. The van der Waals surface area contributed by atoms with Crippen LogP contribution in [0.3, 0.4) is 0 Å². The average Bonchev–Trinajstić information content (AvgIpc) is 2.42. The summed E-state index contributed by atoms with van der Waals surface area (Å²) < 4.78 is 0. The Kier molecular flexibility index (Phi) is 1.71. The highest BCUT2D eigenvalue weighted by atomic mass is 32.2. The molecule has 1 atom stereocenters. The number of hydrogen-bond acceptors (Lipinski definition) is 4. The van der Waals surface area contributed by atoms with Crippen LogP contribution in [0.1, 0.15) is 0 Å². The molecule has 4 N–H and O–H groups in total. The SMILES string of the molecule is NC1(C(=O)O)Nc2ccccc2S1. The fraction of sp³-hybridized carbons (Fsp3) is 0.125. The van der Waals surface area contributed by atoms with E-state index in [9.17, 15) is 4.79 Å². The van der Waals surface area contributed by atoms with E-state index in [0.717, 1.165) is 22.3 Å². The Bertz CT molecular complexity index is 342. The van der Waals surface area contributed by atoms with Crippen molar-refractivity contribution in [2.45, 2.75) is 9.89 Å². The molecule has 0 radical (unpaired) electrons. The van der Waals surface area contributed by atoms with Crippen LogP contribution < -0.4 is 11.1 Å². The zero-order valence-electron chi connectivity index (χ0n) is 6.65. The molecule has 0 saturated carbocycles. The lowest BCUT2D eigenvalue weighted by Crippen LogP contribution is -2.49. The summed E-state index contributed by atoms with van der Waals surface area (Å²) in [7, 11) is 0. The number of nitrogens with two attached hydrogens (primary N) is 1. The average molecular weight is 196 g/mol. The number of carbonyl (C=O) groups is 1. The van der Waals surface area contributed by atoms with Gasteiger partial charge in [0.05, 0.1) is 5.69 Å².